The first-order valence-electron chi connectivity index (χ1n) is 7.91. The second-order valence-electron chi connectivity index (χ2n) is 5.37. The smallest absolute Gasteiger partial charge is 0.243 e. The fraction of sp³-hybridized carbons (Fsp3) is 0.438. The average Bonchev–Trinajstić information content (AvgIpc) is 2.96. The van der Waals surface area contributed by atoms with E-state index in [0.717, 1.165) is 0 Å². The van der Waals surface area contributed by atoms with Crippen LogP contribution in [0.3, 0.4) is 0 Å². The van der Waals surface area contributed by atoms with Gasteiger partial charge in [0, 0.05) is 25.7 Å². The van der Waals surface area contributed by atoms with Crippen molar-refractivity contribution < 1.29 is 8.42 Å². The summed E-state index contributed by atoms with van der Waals surface area (Å²) in [6.45, 7) is 6.25. The van der Waals surface area contributed by atoms with Crippen LogP contribution in [-0.4, -0.2) is 45.8 Å². The van der Waals surface area contributed by atoms with Crippen LogP contribution >= 0.6 is 11.8 Å². The number of nitrogens with zero attached hydrogens (tertiary/aromatic N) is 5. The molecule has 2 rings (SSSR count). The topological polar surface area (TPSA) is 91.9 Å². The zero-order chi connectivity index (χ0) is 18.6. The van der Waals surface area contributed by atoms with Crippen molar-refractivity contribution in [1.82, 2.24) is 19.1 Å². The number of hydrogen-bond acceptors (Lipinski definition) is 6. The minimum Gasteiger partial charge on any atom is -0.305 e. The molecular weight excluding hydrogens is 358 g/mol. The molecule has 134 valence electrons. The predicted octanol–water partition coefficient (Wildman–Crippen LogP) is 2.52. The second kappa shape index (κ2) is 7.99. The number of hydrogen-bond donors (Lipinski definition) is 0. The zero-order valence-corrected chi connectivity index (χ0v) is 16.3. The molecule has 0 amide bonds. The minimum absolute atomic E-state index is 0.233. The Kier molecular flexibility index (Phi) is 6.21. The molecular formula is C16H21N5O2S2. The van der Waals surface area contributed by atoms with Gasteiger partial charge >= 0.3 is 0 Å². The molecule has 1 aromatic carbocycles. The van der Waals surface area contributed by atoms with Crippen LogP contribution in [0.2, 0.25) is 0 Å². The molecule has 0 unspecified atom stereocenters. The lowest BCUT2D eigenvalue weighted by molar-refractivity contribution is 0.445. The highest BCUT2D eigenvalue weighted by molar-refractivity contribution is 8.00. The summed E-state index contributed by atoms with van der Waals surface area (Å²) in [5.41, 5.74) is 0.666. The number of benzene rings is 1. The van der Waals surface area contributed by atoms with Crippen molar-refractivity contribution in [2.45, 2.75) is 36.1 Å². The predicted molar refractivity (Wildman–Crippen MR) is 97.5 cm³/mol. The molecule has 1 aromatic heterocycles. The summed E-state index contributed by atoms with van der Waals surface area (Å²) in [4.78, 5) is 0.233. The van der Waals surface area contributed by atoms with E-state index >= 15 is 0 Å². The van der Waals surface area contributed by atoms with Crippen LogP contribution in [0, 0.1) is 11.3 Å². The molecule has 0 N–H and O–H groups in total. The van der Waals surface area contributed by atoms with Crippen molar-refractivity contribution in [3.05, 3.63) is 24.3 Å². The van der Waals surface area contributed by atoms with Crippen molar-refractivity contribution in [2.24, 2.45) is 7.05 Å². The number of thioether (sulfide) groups is 1. The molecule has 0 aliphatic heterocycles. The van der Waals surface area contributed by atoms with Gasteiger partial charge in [-0.1, -0.05) is 37.7 Å². The summed E-state index contributed by atoms with van der Waals surface area (Å²) in [7, 11) is -1.73. The first-order valence-corrected chi connectivity index (χ1v) is 10.2. The highest BCUT2D eigenvalue weighted by Crippen LogP contribution is 2.27. The molecule has 9 heteroatoms. The SMILES string of the molecule is CCN(CC)S(=O)(=O)c1cccc(-c2nnc(S[C@H](C)C#N)n2C)c1. The minimum atomic E-state index is -3.53. The fourth-order valence-electron chi connectivity index (χ4n) is 2.36. The molecule has 0 bridgehead atoms. The van der Waals surface area contributed by atoms with Crippen LogP contribution in [-0.2, 0) is 17.1 Å². The van der Waals surface area contributed by atoms with Crippen molar-refractivity contribution >= 4 is 21.8 Å². The van der Waals surface area contributed by atoms with Gasteiger partial charge in [0.2, 0.25) is 10.0 Å². The molecule has 0 fully saturated rings. The molecule has 1 heterocycles. The third-order valence-electron chi connectivity index (χ3n) is 3.73. The number of rotatable bonds is 7. The summed E-state index contributed by atoms with van der Waals surface area (Å²) < 4.78 is 28.6. The molecule has 0 aliphatic rings. The third kappa shape index (κ3) is 4.03. The highest BCUT2D eigenvalue weighted by Gasteiger charge is 2.23. The summed E-state index contributed by atoms with van der Waals surface area (Å²) in [5, 5.41) is 17.6. The lowest BCUT2D eigenvalue weighted by atomic mass is 10.2. The normalized spacial score (nSPS) is 13.0. The molecule has 0 saturated heterocycles. The van der Waals surface area contributed by atoms with E-state index in [1.807, 2.05) is 13.8 Å². The standard InChI is InChI=1S/C16H21N5O2S2/c1-5-21(6-2)25(22,23)14-9-7-8-13(10-14)15-18-19-16(20(15)4)24-12(3)11-17/h7-10,12H,5-6H2,1-4H3/t12-/m1/s1. The van der Waals surface area contributed by atoms with Crippen LogP contribution in [0.25, 0.3) is 11.4 Å². The lowest BCUT2D eigenvalue weighted by Crippen LogP contribution is -2.30. The quantitative estimate of drug-likeness (QED) is 0.687. The Morgan fingerprint density at radius 1 is 1.32 bits per heavy atom. The van der Waals surface area contributed by atoms with E-state index in [4.69, 9.17) is 5.26 Å². The number of aromatic nitrogens is 3. The Bertz CT molecular complexity index is 882. The van der Waals surface area contributed by atoms with Crippen LogP contribution in [0.15, 0.2) is 34.3 Å². The fourth-order valence-corrected chi connectivity index (χ4v) is 4.57. The Balaban J connectivity index is 2.42. The van der Waals surface area contributed by atoms with Crippen molar-refractivity contribution in [2.75, 3.05) is 13.1 Å². The van der Waals surface area contributed by atoms with Gasteiger partial charge < -0.3 is 4.57 Å². The summed E-state index contributed by atoms with van der Waals surface area (Å²) in [5.74, 6) is 0.559. The summed E-state index contributed by atoms with van der Waals surface area (Å²) in [6, 6.07) is 8.83. The average molecular weight is 380 g/mol. The molecule has 0 saturated carbocycles. The monoisotopic (exact) mass is 379 g/mol. The number of sulfonamides is 1. The van der Waals surface area contributed by atoms with Crippen LogP contribution in [0.4, 0.5) is 0 Å². The molecule has 2 aromatic rings. The van der Waals surface area contributed by atoms with Gasteiger partial charge in [-0.3, -0.25) is 0 Å². The number of nitriles is 1. The second-order valence-corrected chi connectivity index (χ2v) is 8.62. The molecule has 1 atom stereocenters. The lowest BCUT2D eigenvalue weighted by Gasteiger charge is -2.18. The van der Waals surface area contributed by atoms with Crippen molar-refractivity contribution in [3.8, 4) is 17.5 Å². The van der Waals surface area contributed by atoms with Crippen LogP contribution in [0.5, 0.6) is 0 Å². The Morgan fingerprint density at radius 3 is 2.60 bits per heavy atom. The van der Waals surface area contributed by atoms with Gasteiger partial charge in [-0.2, -0.15) is 9.57 Å². The maximum absolute atomic E-state index is 12.7. The van der Waals surface area contributed by atoms with E-state index in [0.29, 0.717) is 29.6 Å². The highest BCUT2D eigenvalue weighted by atomic mass is 32.2. The van der Waals surface area contributed by atoms with E-state index in [1.165, 1.54) is 16.1 Å². The maximum Gasteiger partial charge on any atom is 0.243 e. The summed E-state index contributed by atoms with van der Waals surface area (Å²) >= 11 is 1.31. The van der Waals surface area contributed by atoms with Crippen LogP contribution < -0.4 is 0 Å². The first kappa shape index (κ1) is 19.4. The van der Waals surface area contributed by atoms with Gasteiger partial charge in [-0.05, 0) is 19.1 Å². The van der Waals surface area contributed by atoms with Gasteiger partial charge in [0.15, 0.2) is 11.0 Å². The van der Waals surface area contributed by atoms with Gasteiger partial charge in [-0.15, -0.1) is 10.2 Å². The zero-order valence-electron chi connectivity index (χ0n) is 14.7. The van der Waals surface area contributed by atoms with E-state index < -0.39 is 10.0 Å². The maximum atomic E-state index is 12.7. The molecule has 0 aliphatic carbocycles. The van der Waals surface area contributed by atoms with E-state index in [-0.39, 0.29) is 10.1 Å². The Labute approximate surface area is 152 Å². The molecule has 0 spiro atoms. The van der Waals surface area contributed by atoms with Crippen molar-refractivity contribution in [3.63, 3.8) is 0 Å². The van der Waals surface area contributed by atoms with Gasteiger partial charge in [0.1, 0.15) is 0 Å². The van der Waals surface area contributed by atoms with Gasteiger partial charge in [-0.25, -0.2) is 8.42 Å². The Hall–Kier alpha value is -1.89. The van der Waals surface area contributed by atoms with Gasteiger partial charge in [0.05, 0.1) is 16.2 Å². The Morgan fingerprint density at radius 2 is 2.00 bits per heavy atom. The largest absolute Gasteiger partial charge is 0.305 e. The third-order valence-corrected chi connectivity index (χ3v) is 6.81. The van der Waals surface area contributed by atoms with Gasteiger partial charge in [0.25, 0.3) is 0 Å². The first-order chi connectivity index (χ1) is 11.8. The van der Waals surface area contributed by atoms with E-state index in [1.54, 1.807) is 42.8 Å². The van der Waals surface area contributed by atoms with Crippen LogP contribution in [0.1, 0.15) is 20.8 Å². The van der Waals surface area contributed by atoms with Crippen molar-refractivity contribution in [1.29, 1.82) is 5.26 Å². The van der Waals surface area contributed by atoms with E-state index in [2.05, 4.69) is 16.3 Å². The summed E-state index contributed by atoms with van der Waals surface area (Å²) in [6.07, 6.45) is 0. The molecule has 25 heavy (non-hydrogen) atoms. The molecule has 0 radical (unpaired) electrons. The molecule has 7 nitrogen and oxygen atoms in total. The van der Waals surface area contributed by atoms with E-state index in [9.17, 15) is 8.42 Å².